The standard InChI is InChI=1S/C11H15F2NO/c1-7-3-4-9(12)8(10(7)13)5-11(2,14)6-15/h3-4,15H,5-6,14H2,1-2H3. The smallest absolute Gasteiger partial charge is 0.132 e. The van der Waals surface area contributed by atoms with E-state index in [1.54, 1.807) is 13.8 Å². The molecule has 3 N–H and O–H groups in total. The van der Waals surface area contributed by atoms with Crippen LogP contribution in [-0.4, -0.2) is 17.3 Å². The number of aliphatic hydroxyl groups is 1. The predicted octanol–water partition coefficient (Wildman–Crippen LogP) is 1.53. The van der Waals surface area contributed by atoms with Gasteiger partial charge in [0.1, 0.15) is 11.6 Å². The van der Waals surface area contributed by atoms with E-state index in [9.17, 15) is 8.78 Å². The molecule has 1 rings (SSSR count). The number of nitrogens with two attached hydrogens (primary N) is 1. The summed E-state index contributed by atoms with van der Waals surface area (Å²) in [6.07, 6.45) is -0.0250. The van der Waals surface area contributed by atoms with Crippen LogP contribution in [0.5, 0.6) is 0 Å². The number of aliphatic hydroxyl groups excluding tert-OH is 1. The molecular formula is C11H15F2NO. The lowest BCUT2D eigenvalue weighted by molar-refractivity contribution is 0.206. The Kier molecular flexibility index (Phi) is 3.42. The number of benzene rings is 1. The molecule has 1 atom stereocenters. The first kappa shape index (κ1) is 12.1. The molecule has 0 spiro atoms. The van der Waals surface area contributed by atoms with Crippen LogP contribution < -0.4 is 5.73 Å². The zero-order valence-corrected chi connectivity index (χ0v) is 8.85. The molecule has 0 fully saturated rings. The van der Waals surface area contributed by atoms with Gasteiger partial charge in [-0.1, -0.05) is 6.07 Å². The predicted molar refractivity (Wildman–Crippen MR) is 54.5 cm³/mol. The molecule has 15 heavy (non-hydrogen) atoms. The zero-order chi connectivity index (χ0) is 11.6. The van der Waals surface area contributed by atoms with E-state index in [1.165, 1.54) is 12.1 Å². The van der Waals surface area contributed by atoms with Crippen molar-refractivity contribution in [2.75, 3.05) is 6.61 Å². The third-order valence-corrected chi connectivity index (χ3v) is 2.32. The Hall–Kier alpha value is -1.00. The molecule has 0 aliphatic rings. The molecule has 1 aromatic rings. The molecule has 0 aliphatic heterocycles. The van der Waals surface area contributed by atoms with Gasteiger partial charge in [-0.15, -0.1) is 0 Å². The minimum atomic E-state index is -1.00. The van der Waals surface area contributed by atoms with Crippen molar-refractivity contribution >= 4 is 0 Å². The molecule has 0 bridgehead atoms. The van der Waals surface area contributed by atoms with E-state index in [0.717, 1.165) is 0 Å². The summed E-state index contributed by atoms with van der Waals surface area (Å²) in [4.78, 5) is 0. The van der Waals surface area contributed by atoms with Crippen LogP contribution in [0, 0.1) is 18.6 Å². The van der Waals surface area contributed by atoms with Crippen LogP contribution in [0.4, 0.5) is 8.78 Å². The molecule has 4 heteroatoms. The van der Waals surface area contributed by atoms with Crippen LogP contribution in [0.15, 0.2) is 12.1 Å². The van der Waals surface area contributed by atoms with Crippen molar-refractivity contribution in [1.82, 2.24) is 0 Å². The maximum absolute atomic E-state index is 13.6. The van der Waals surface area contributed by atoms with E-state index < -0.39 is 17.2 Å². The van der Waals surface area contributed by atoms with Crippen molar-refractivity contribution in [3.05, 3.63) is 34.9 Å². The van der Waals surface area contributed by atoms with Gasteiger partial charge in [0, 0.05) is 11.1 Å². The van der Waals surface area contributed by atoms with Crippen LogP contribution in [0.2, 0.25) is 0 Å². The first-order valence-corrected chi connectivity index (χ1v) is 4.70. The second kappa shape index (κ2) is 4.24. The van der Waals surface area contributed by atoms with Crippen molar-refractivity contribution in [2.45, 2.75) is 25.8 Å². The van der Waals surface area contributed by atoms with Crippen molar-refractivity contribution in [3.63, 3.8) is 0 Å². The highest BCUT2D eigenvalue weighted by atomic mass is 19.1. The largest absolute Gasteiger partial charge is 0.394 e. The Balaban J connectivity index is 3.09. The molecule has 0 aromatic heterocycles. The van der Waals surface area contributed by atoms with Gasteiger partial charge < -0.3 is 10.8 Å². The van der Waals surface area contributed by atoms with E-state index in [2.05, 4.69) is 0 Å². The lowest BCUT2D eigenvalue weighted by atomic mass is 9.93. The van der Waals surface area contributed by atoms with E-state index >= 15 is 0 Å². The molecule has 1 unspecified atom stereocenters. The molecule has 84 valence electrons. The van der Waals surface area contributed by atoms with Gasteiger partial charge >= 0.3 is 0 Å². The Morgan fingerprint density at radius 1 is 1.40 bits per heavy atom. The van der Waals surface area contributed by atoms with Gasteiger partial charge in [-0.25, -0.2) is 8.78 Å². The van der Waals surface area contributed by atoms with E-state index in [1.807, 2.05) is 0 Å². The van der Waals surface area contributed by atoms with Gasteiger partial charge in [0.2, 0.25) is 0 Å². The first-order valence-electron chi connectivity index (χ1n) is 4.70. The molecule has 0 aliphatic carbocycles. The van der Waals surface area contributed by atoms with Gasteiger partial charge in [-0.2, -0.15) is 0 Å². The zero-order valence-electron chi connectivity index (χ0n) is 8.85. The first-order chi connectivity index (χ1) is 6.87. The fraction of sp³-hybridized carbons (Fsp3) is 0.455. The van der Waals surface area contributed by atoms with Crippen LogP contribution in [-0.2, 0) is 6.42 Å². The van der Waals surface area contributed by atoms with Crippen molar-refractivity contribution in [1.29, 1.82) is 0 Å². The van der Waals surface area contributed by atoms with Crippen LogP contribution in [0.3, 0.4) is 0 Å². The number of hydrogen-bond acceptors (Lipinski definition) is 2. The van der Waals surface area contributed by atoms with Crippen LogP contribution in [0.1, 0.15) is 18.1 Å². The molecule has 0 amide bonds. The van der Waals surface area contributed by atoms with Gasteiger partial charge in [0.15, 0.2) is 0 Å². The molecule has 0 saturated heterocycles. The fourth-order valence-electron chi connectivity index (χ4n) is 1.34. The highest BCUT2D eigenvalue weighted by Crippen LogP contribution is 2.20. The summed E-state index contributed by atoms with van der Waals surface area (Å²) < 4.78 is 26.9. The second-order valence-corrected chi connectivity index (χ2v) is 4.15. The molecule has 2 nitrogen and oxygen atoms in total. The number of hydrogen-bond donors (Lipinski definition) is 2. The van der Waals surface area contributed by atoms with Crippen molar-refractivity contribution in [3.8, 4) is 0 Å². The van der Waals surface area contributed by atoms with E-state index in [-0.39, 0.29) is 18.6 Å². The average Bonchev–Trinajstić information content (AvgIpc) is 2.19. The highest BCUT2D eigenvalue weighted by molar-refractivity contribution is 5.28. The Morgan fingerprint density at radius 2 is 2.00 bits per heavy atom. The summed E-state index contributed by atoms with van der Waals surface area (Å²) in [6, 6.07) is 2.59. The van der Waals surface area contributed by atoms with Crippen LogP contribution in [0.25, 0.3) is 0 Å². The number of rotatable bonds is 3. The SMILES string of the molecule is Cc1ccc(F)c(CC(C)(N)CO)c1F. The average molecular weight is 215 g/mol. The summed E-state index contributed by atoms with van der Waals surface area (Å²) in [5.74, 6) is -1.21. The fourth-order valence-corrected chi connectivity index (χ4v) is 1.34. The molecular weight excluding hydrogens is 200 g/mol. The van der Waals surface area contributed by atoms with Gasteiger partial charge in [-0.05, 0) is 31.9 Å². The van der Waals surface area contributed by atoms with E-state index in [4.69, 9.17) is 10.8 Å². The Morgan fingerprint density at radius 3 is 2.53 bits per heavy atom. The normalized spacial score (nSPS) is 15.1. The summed E-state index contributed by atoms with van der Waals surface area (Å²) in [5, 5.41) is 8.94. The number of aryl methyl sites for hydroxylation is 1. The molecule has 0 radical (unpaired) electrons. The molecule has 0 heterocycles. The maximum Gasteiger partial charge on any atom is 0.132 e. The third kappa shape index (κ3) is 2.73. The minimum Gasteiger partial charge on any atom is -0.394 e. The monoisotopic (exact) mass is 215 g/mol. The van der Waals surface area contributed by atoms with Gasteiger partial charge in [0.05, 0.1) is 6.61 Å². The third-order valence-electron chi connectivity index (χ3n) is 2.32. The Bertz CT molecular complexity index is 364. The van der Waals surface area contributed by atoms with Gasteiger partial charge in [-0.3, -0.25) is 0 Å². The maximum atomic E-state index is 13.6. The van der Waals surface area contributed by atoms with Crippen LogP contribution >= 0.6 is 0 Å². The highest BCUT2D eigenvalue weighted by Gasteiger charge is 2.22. The second-order valence-electron chi connectivity index (χ2n) is 4.15. The lowest BCUT2D eigenvalue weighted by Crippen LogP contribution is -2.42. The summed E-state index contributed by atoms with van der Waals surface area (Å²) in [7, 11) is 0. The summed E-state index contributed by atoms with van der Waals surface area (Å²) >= 11 is 0. The topological polar surface area (TPSA) is 46.2 Å². The van der Waals surface area contributed by atoms with Crippen molar-refractivity contribution < 1.29 is 13.9 Å². The minimum absolute atomic E-state index is 0.0250. The van der Waals surface area contributed by atoms with Crippen molar-refractivity contribution in [2.24, 2.45) is 5.73 Å². The quantitative estimate of drug-likeness (QED) is 0.803. The summed E-state index contributed by atoms with van der Waals surface area (Å²) in [5.41, 5.74) is 4.96. The molecule has 0 saturated carbocycles. The lowest BCUT2D eigenvalue weighted by Gasteiger charge is -2.22. The van der Waals surface area contributed by atoms with E-state index in [0.29, 0.717) is 5.56 Å². The van der Waals surface area contributed by atoms with Gasteiger partial charge in [0.25, 0.3) is 0 Å². The molecule has 1 aromatic carbocycles. The summed E-state index contributed by atoms with van der Waals surface area (Å²) in [6.45, 7) is 2.79. The Labute approximate surface area is 87.7 Å². The number of halogens is 2.